The van der Waals surface area contributed by atoms with E-state index < -0.39 is 0 Å². The summed E-state index contributed by atoms with van der Waals surface area (Å²) in [7, 11) is 0. The van der Waals surface area contributed by atoms with E-state index in [1.807, 2.05) is 6.07 Å². The Hall–Kier alpha value is -0.910. The first kappa shape index (κ1) is 9.18. The van der Waals surface area contributed by atoms with Crippen LogP contribution in [0.25, 0.3) is 0 Å². The lowest BCUT2D eigenvalue weighted by Crippen LogP contribution is -1.91. The molecule has 0 aromatic heterocycles. The Bertz CT molecular complexity index is 342. The molecule has 0 unspecified atom stereocenters. The molecule has 2 N–H and O–H groups in total. The van der Waals surface area contributed by atoms with Gasteiger partial charge in [0.05, 0.1) is 23.2 Å². The molecular formula is C8H6Cl2N2. The van der Waals surface area contributed by atoms with Crippen molar-refractivity contribution in [1.82, 2.24) is 0 Å². The molecule has 0 bridgehead atoms. The van der Waals surface area contributed by atoms with Gasteiger partial charge >= 0.3 is 0 Å². The number of nitriles is 1. The van der Waals surface area contributed by atoms with Gasteiger partial charge in [-0.15, -0.1) is 0 Å². The van der Waals surface area contributed by atoms with Crippen molar-refractivity contribution in [1.29, 1.82) is 5.26 Å². The standard InChI is InChI=1S/C8H6Cl2N2/c9-6-3-5(1-2-11)8(10)7(12)4-6/h3-4H,1,12H2. The molecule has 0 aliphatic rings. The summed E-state index contributed by atoms with van der Waals surface area (Å²) >= 11 is 11.5. The van der Waals surface area contributed by atoms with Crippen LogP contribution in [0, 0.1) is 11.3 Å². The topological polar surface area (TPSA) is 49.8 Å². The molecule has 0 aliphatic carbocycles. The van der Waals surface area contributed by atoms with Crippen molar-refractivity contribution in [2.75, 3.05) is 5.73 Å². The summed E-state index contributed by atoms with van der Waals surface area (Å²) in [6.45, 7) is 0. The summed E-state index contributed by atoms with van der Waals surface area (Å²) in [4.78, 5) is 0. The average Bonchev–Trinajstić information content (AvgIpc) is 2.00. The molecule has 0 aliphatic heterocycles. The molecule has 1 aromatic rings. The molecule has 1 aromatic carbocycles. The van der Waals surface area contributed by atoms with Crippen LogP contribution in [0.2, 0.25) is 10.0 Å². The zero-order valence-corrected chi connectivity index (χ0v) is 7.65. The van der Waals surface area contributed by atoms with Gasteiger partial charge in [-0.25, -0.2) is 0 Å². The number of nitrogen functional groups attached to an aromatic ring is 1. The van der Waals surface area contributed by atoms with Gasteiger partial charge in [-0.3, -0.25) is 0 Å². The number of hydrogen-bond donors (Lipinski definition) is 1. The Labute approximate surface area is 80.5 Å². The molecule has 0 saturated carbocycles. The molecule has 4 heteroatoms. The fourth-order valence-electron chi connectivity index (χ4n) is 0.883. The summed E-state index contributed by atoms with van der Waals surface area (Å²) in [5, 5.41) is 9.35. The molecule has 12 heavy (non-hydrogen) atoms. The molecule has 62 valence electrons. The van der Waals surface area contributed by atoms with E-state index >= 15 is 0 Å². The first-order valence-corrected chi connectivity index (χ1v) is 4.01. The first-order chi connectivity index (χ1) is 5.65. The molecule has 0 atom stereocenters. The summed E-state index contributed by atoms with van der Waals surface area (Å²) < 4.78 is 0. The Morgan fingerprint density at radius 3 is 2.67 bits per heavy atom. The lowest BCUT2D eigenvalue weighted by Gasteiger charge is -2.03. The van der Waals surface area contributed by atoms with Gasteiger partial charge in [0.25, 0.3) is 0 Å². The van der Waals surface area contributed by atoms with Crippen LogP contribution in [0.15, 0.2) is 12.1 Å². The summed E-state index contributed by atoms with van der Waals surface area (Å²) in [5.74, 6) is 0. The lowest BCUT2D eigenvalue weighted by molar-refractivity contribution is 1.26. The highest BCUT2D eigenvalue weighted by Gasteiger charge is 2.04. The third-order valence-electron chi connectivity index (χ3n) is 1.41. The molecular weight excluding hydrogens is 195 g/mol. The summed E-state index contributed by atoms with van der Waals surface area (Å²) in [6.07, 6.45) is 0.226. The van der Waals surface area contributed by atoms with Crippen molar-refractivity contribution >= 4 is 28.9 Å². The molecule has 2 nitrogen and oxygen atoms in total. The number of rotatable bonds is 1. The molecule has 0 radical (unpaired) electrons. The van der Waals surface area contributed by atoms with Crippen LogP contribution in [0.4, 0.5) is 5.69 Å². The molecule has 0 spiro atoms. The van der Waals surface area contributed by atoms with E-state index in [1.54, 1.807) is 12.1 Å². The number of nitrogens with two attached hydrogens (primary N) is 1. The molecule has 1 rings (SSSR count). The monoisotopic (exact) mass is 200 g/mol. The molecule has 0 saturated heterocycles. The Morgan fingerprint density at radius 1 is 1.42 bits per heavy atom. The predicted molar refractivity (Wildman–Crippen MR) is 50.2 cm³/mol. The third kappa shape index (κ3) is 1.82. The predicted octanol–water partition coefficient (Wildman–Crippen LogP) is 2.64. The zero-order valence-electron chi connectivity index (χ0n) is 6.14. The van der Waals surface area contributed by atoms with Crippen LogP contribution in [-0.4, -0.2) is 0 Å². The second kappa shape index (κ2) is 3.66. The van der Waals surface area contributed by atoms with Gasteiger partial charge in [0, 0.05) is 5.02 Å². The number of anilines is 1. The second-order valence-corrected chi connectivity index (χ2v) is 3.12. The van der Waals surface area contributed by atoms with Gasteiger partial charge < -0.3 is 5.73 Å². The van der Waals surface area contributed by atoms with Crippen LogP contribution in [0.3, 0.4) is 0 Å². The lowest BCUT2D eigenvalue weighted by atomic mass is 10.1. The van der Waals surface area contributed by atoms with Crippen molar-refractivity contribution in [2.24, 2.45) is 0 Å². The van der Waals surface area contributed by atoms with Gasteiger partial charge in [0.2, 0.25) is 0 Å². The maximum absolute atomic E-state index is 8.43. The van der Waals surface area contributed by atoms with Gasteiger partial charge in [-0.05, 0) is 17.7 Å². The van der Waals surface area contributed by atoms with E-state index in [4.69, 9.17) is 34.2 Å². The van der Waals surface area contributed by atoms with Crippen LogP contribution in [0.1, 0.15) is 5.56 Å². The number of benzene rings is 1. The van der Waals surface area contributed by atoms with E-state index in [1.165, 1.54) is 0 Å². The second-order valence-electron chi connectivity index (χ2n) is 2.30. The number of halogens is 2. The van der Waals surface area contributed by atoms with E-state index in [0.29, 0.717) is 21.3 Å². The van der Waals surface area contributed by atoms with Gasteiger partial charge in [0.1, 0.15) is 0 Å². The quantitative estimate of drug-likeness (QED) is 0.710. The average molecular weight is 201 g/mol. The molecule has 0 fully saturated rings. The Morgan fingerprint density at radius 2 is 2.08 bits per heavy atom. The van der Waals surface area contributed by atoms with E-state index in [9.17, 15) is 0 Å². The first-order valence-electron chi connectivity index (χ1n) is 3.25. The van der Waals surface area contributed by atoms with Crippen molar-refractivity contribution in [2.45, 2.75) is 6.42 Å². The Kier molecular flexibility index (Phi) is 2.80. The zero-order chi connectivity index (χ0) is 9.14. The van der Waals surface area contributed by atoms with E-state index in [2.05, 4.69) is 0 Å². The van der Waals surface area contributed by atoms with Crippen molar-refractivity contribution in [3.63, 3.8) is 0 Å². The van der Waals surface area contributed by atoms with Crippen LogP contribution in [-0.2, 0) is 6.42 Å². The minimum absolute atomic E-state index is 0.226. The molecule has 0 heterocycles. The third-order valence-corrected chi connectivity index (χ3v) is 2.09. The van der Waals surface area contributed by atoms with Crippen LogP contribution in [0.5, 0.6) is 0 Å². The van der Waals surface area contributed by atoms with Gasteiger partial charge in [-0.2, -0.15) is 5.26 Å². The summed E-state index contributed by atoms with van der Waals surface area (Å²) in [6, 6.07) is 5.18. The summed E-state index contributed by atoms with van der Waals surface area (Å²) in [5.41, 5.74) is 6.61. The van der Waals surface area contributed by atoms with Crippen molar-refractivity contribution < 1.29 is 0 Å². The fourth-order valence-corrected chi connectivity index (χ4v) is 1.31. The largest absolute Gasteiger partial charge is 0.397 e. The van der Waals surface area contributed by atoms with Crippen molar-refractivity contribution in [3.8, 4) is 6.07 Å². The molecule has 0 amide bonds. The smallest absolute Gasteiger partial charge is 0.0678 e. The SMILES string of the molecule is N#CCc1cc(Cl)cc(N)c1Cl. The maximum atomic E-state index is 8.43. The minimum atomic E-state index is 0.226. The van der Waals surface area contributed by atoms with Gasteiger partial charge in [-0.1, -0.05) is 23.2 Å². The number of nitrogens with zero attached hydrogens (tertiary/aromatic N) is 1. The minimum Gasteiger partial charge on any atom is -0.397 e. The normalized spacial score (nSPS) is 9.42. The van der Waals surface area contributed by atoms with Crippen molar-refractivity contribution in [3.05, 3.63) is 27.7 Å². The van der Waals surface area contributed by atoms with E-state index in [0.717, 1.165) is 0 Å². The van der Waals surface area contributed by atoms with Gasteiger partial charge in [0.15, 0.2) is 0 Å². The highest BCUT2D eigenvalue weighted by atomic mass is 35.5. The number of hydrogen-bond acceptors (Lipinski definition) is 2. The van der Waals surface area contributed by atoms with Crippen LogP contribution >= 0.6 is 23.2 Å². The maximum Gasteiger partial charge on any atom is 0.0678 e. The fraction of sp³-hybridized carbons (Fsp3) is 0.125. The van der Waals surface area contributed by atoms with Crippen LogP contribution < -0.4 is 5.73 Å². The van der Waals surface area contributed by atoms with E-state index in [-0.39, 0.29) is 6.42 Å². The highest BCUT2D eigenvalue weighted by Crippen LogP contribution is 2.27. The Balaban J connectivity index is 3.20. The highest BCUT2D eigenvalue weighted by molar-refractivity contribution is 6.35.